The van der Waals surface area contributed by atoms with Gasteiger partial charge in [-0.2, -0.15) is 5.10 Å². The zero-order chi connectivity index (χ0) is 16.9. The Balaban J connectivity index is 1.71. The number of hydrogen-bond donors (Lipinski definition) is 2. The molecular weight excluding hydrogens is 368 g/mol. The van der Waals surface area contributed by atoms with Crippen molar-refractivity contribution in [2.45, 2.75) is 6.42 Å². The van der Waals surface area contributed by atoms with E-state index in [9.17, 15) is 9.90 Å². The van der Waals surface area contributed by atoms with Crippen molar-refractivity contribution in [1.29, 1.82) is 0 Å². The van der Waals surface area contributed by atoms with Crippen molar-refractivity contribution in [1.82, 2.24) is 5.43 Å². The monoisotopic (exact) mass is 382 g/mol. The van der Waals surface area contributed by atoms with E-state index in [0.717, 1.165) is 20.8 Å². The van der Waals surface area contributed by atoms with Crippen LogP contribution in [0.1, 0.15) is 11.1 Å². The largest absolute Gasteiger partial charge is 0.507 e. The number of hydrogen-bond acceptors (Lipinski definition) is 3. The normalized spacial score (nSPS) is 11.0. The number of rotatable bonds is 4. The third-order valence-corrected chi connectivity index (χ3v) is 4.14. The number of aromatic hydroxyl groups is 1. The Morgan fingerprint density at radius 3 is 2.62 bits per heavy atom. The maximum Gasteiger partial charge on any atom is 0.244 e. The number of nitrogens with one attached hydrogen (secondary N) is 1. The number of amides is 1. The standard InChI is InChI=1S/C19H15BrN2O2/c20-15-8-5-13(6-9-15)11-19(24)22-21-12-17-16-4-2-1-3-14(16)7-10-18(17)23/h1-10,12,23H,11H2,(H,22,24)/b21-12-. The second-order valence-electron chi connectivity index (χ2n) is 5.32. The molecule has 0 saturated carbocycles. The van der Waals surface area contributed by atoms with E-state index in [-0.39, 0.29) is 18.1 Å². The van der Waals surface area contributed by atoms with Gasteiger partial charge in [0, 0.05) is 10.0 Å². The van der Waals surface area contributed by atoms with Crippen LogP contribution in [0.4, 0.5) is 0 Å². The van der Waals surface area contributed by atoms with Crippen molar-refractivity contribution in [2.75, 3.05) is 0 Å². The van der Waals surface area contributed by atoms with Gasteiger partial charge in [-0.1, -0.05) is 58.4 Å². The maximum atomic E-state index is 11.9. The predicted octanol–water partition coefficient (Wildman–Crippen LogP) is 4.00. The fourth-order valence-electron chi connectivity index (χ4n) is 2.42. The van der Waals surface area contributed by atoms with Crippen molar-refractivity contribution >= 4 is 38.8 Å². The highest BCUT2D eigenvalue weighted by Crippen LogP contribution is 2.25. The Bertz CT molecular complexity index is 905. The van der Waals surface area contributed by atoms with Crippen LogP contribution in [0, 0.1) is 0 Å². The molecule has 3 aromatic carbocycles. The van der Waals surface area contributed by atoms with Crippen molar-refractivity contribution in [3.63, 3.8) is 0 Å². The summed E-state index contributed by atoms with van der Waals surface area (Å²) in [6, 6.07) is 18.7. The van der Waals surface area contributed by atoms with E-state index in [2.05, 4.69) is 26.5 Å². The lowest BCUT2D eigenvalue weighted by molar-refractivity contribution is -0.120. The number of fused-ring (bicyclic) bond motifs is 1. The molecule has 5 heteroatoms. The molecule has 2 N–H and O–H groups in total. The molecule has 4 nitrogen and oxygen atoms in total. The second-order valence-corrected chi connectivity index (χ2v) is 6.23. The number of benzene rings is 3. The van der Waals surface area contributed by atoms with Gasteiger partial charge in [-0.15, -0.1) is 0 Å². The molecule has 0 atom stereocenters. The van der Waals surface area contributed by atoms with E-state index in [1.165, 1.54) is 6.21 Å². The van der Waals surface area contributed by atoms with Gasteiger partial charge >= 0.3 is 0 Å². The molecule has 3 rings (SSSR count). The minimum atomic E-state index is -0.215. The number of nitrogens with zero attached hydrogens (tertiary/aromatic N) is 1. The molecule has 0 aliphatic carbocycles. The molecule has 0 aromatic heterocycles. The minimum absolute atomic E-state index is 0.125. The zero-order valence-corrected chi connectivity index (χ0v) is 14.3. The van der Waals surface area contributed by atoms with Crippen LogP contribution in [-0.4, -0.2) is 17.2 Å². The molecule has 0 radical (unpaired) electrons. The summed E-state index contributed by atoms with van der Waals surface area (Å²) in [6.45, 7) is 0. The molecule has 0 unspecified atom stereocenters. The molecule has 120 valence electrons. The van der Waals surface area contributed by atoms with E-state index in [0.29, 0.717) is 5.56 Å². The van der Waals surface area contributed by atoms with Gasteiger partial charge in [-0.05, 0) is 34.5 Å². The molecule has 1 amide bonds. The van der Waals surface area contributed by atoms with Gasteiger partial charge in [0.15, 0.2) is 0 Å². The van der Waals surface area contributed by atoms with Crippen LogP contribution in [0.25, 0.3) is 10.8 Å². The molecule has 0 fully saturated rings. The lowest BCUT2D eigenvalue weighted by Gasteiger charge is -2.05. The highest BCUT2D eigenvalue weighted by molar-refractivity contribution is 9.10. The highest BCUT2D eigenvalue weighted by Gasteiger charge is 2.05. The summed E-state index contributed by atoms with van der Waals surface area (Å²) < 4.78 is 0.969. The topological polar surface area (TPSA) is 61.7 Å². The molecule has 0 saturated heterocycles. The average Bonchev–Trinajstić information content (AvgIpc) is 2.59. The summed E-state index contributed by atoms with van der Waals surface area (Å²) >= 11 is 3.36. The van der Waals surface area contributed by atoms with Gasteiger partial charge in [0.1, 0.15) is 5.75 Å². The smallest absolute Gasteiger partial charge is 0.244 e. The lowest BCUT2D eigenvalue weighted by atomic mass is 10.0. The Kier molecular flexibility index (Phi) is 4.91. The third-order valence-electron chi connectivity index (χ3n) is 3.61. The van der Waals surface area contributed by atoms with Gasteiger partial charge in [-0.3, -0.25) is 4.79 Å². The van der Waals surface area contributed by atoms with E-state index < -0.39 is 0 Å². The summed E-state index contributed by atoms with van der Waals surface area (Å²) in [5.41, 5.74) is 3.98. The van der Waals surface area contributed by atoms with Gasteiger partial charge in [0.05, 0.1) is 12.6 Å². The first-order valence-electron chi connectivity index (χ1n) is 7.40. The van der Waals surface area contributed by atoms with E-state index in [1.54, 1.807) is 6.07 Å². The fraction of sp³-hybridized carbons (Fsp3) is 0.0526. The summed E-state index contributed by atoms with van der Waals surface area (Å²) in [6.07, 6.45) is 1.71. The highest BCUT2D eigenvalue weighted by atomic mass is 79.9. The maximum absolute atomic E-state index is 11.9. The van der Waals surface area contributed by atoms with Gasteiger partial charge in [0.25, 0.3) is 0 Å². The van der Waals surface area contributed by atoms with Crippen LogP contribution in [0.3, 0.4) is 0 Å². The van der Waals surface area contributed by atoms with Crippen molar-refractivity contribution in [3.05, 3.63) is 76.3 Å². The molecule has 0 bridgehead atoms. The summed E-state index contributed by atoms with van der Waals surface area (Å²) in [5.74, 6) is -0.0899. The molecule has 0 heterocycles. The van der Waals surface area contributed by atoms with Crippen LogP contribution in [0.15, 0.2) is 70.2 Å². The first-order chi connectivity index (χ1) is 11.6. The molecule has 3 aromatic rings. The Hall–Kier alpha value is -2.66. The third kappa shape index (κ3) is 3.81. The quantitative estimate of drug-likeness (QED) is 0.529. The predicted molar refractivity (Wildman–Crippen MR) is 99.2 cm³/mol. The first kappa shape index (κ1) is 16.2. The van der Waals surface area contributed by atoms with Crippen LogP contribution >= 0.6 is 15.9 Å². The van der Waals surface area contributed by atoms with Gasteiger partial charge in [-0.25, -0.2) is 5.43 Å². The van der Waals surface area contributed by atoms with Crippen LogP contribution in [0.2, 0.25) is 0 Å². The molecule has 24 heavy (non-hydrogen) atoms. The summed E-state index contributed by atoms with van der Waals surface area (Å²) in [5, 5.41) is 15.9. The Morgan fingerprint density at radius 1 is 1.08 bits per heavy atom. The lowest BCUT2D eigenvalue weighted by Crippen LogP contribution is -2.19. The number of halogens is 1. The zero-order valence-electron chi connectivity index (χ0n) is 12.7. The fourth-order valence-corrected chi connectivity index (χ4v) is 2.68. The van der Waals surface area contributed by atoms with Crippen molar-refractivity contribution in [2.24, 2.45) is 5.10 Å². The van der Waals surface area contributed by atoms with E-state index in [1.807, 2.05) is 54.6 Å². The van der Waals surface area contributed by atoms with Gasteiger partial charge in [0.2, 0.25) is 5.91 Å². The average molecular weight is 383 g/mol. The number of phenols is 1. The number of carbonyl (C=O) groups is 1. The van der Waals surface area contributed by atoms with E-state index >= 15 is 0 Å². The number of carbonyl (C=O) groups excluding carboxylic acids is 1. The first-order valence-corrected chi connectivity index (χ1v) is 8.20. The van der Waals surface area contributed by atoms with Crippen molar-refractivity contribution < 1.29 is 9.90 Å². The minimum Gasteiger partial charge on any atom is -0.507 e. The molecule has 0 aliphatic heterocycles. The van der Waals surface area contributed by atoms with Crippen LogP contribution < -0.4 is 5.43 Å². The molecule has 0 aliphatic rings. The number of phenolic OH excluding ortho intramolecular Hbond substituents is 1. The van der Waals surface area contributed by atoms with Crippen LogP contribution in [-0.2, 0) is 11.2 Å². The summed E-state index contributed by atoms with van der Waals surface area (Å²) in [4.78, 5) is 11.9. The van der Waals surface area contributed by atoms with Crippen LogP contribution in [0.5, 0.6) is 5.75 Å². The second kappa shape index (κ2) is 7.27. The Morgan fingerprint density at radius 2 is 1.83 bits per heavy atom. The molecular formula is C19H15BrN2O2. The number of hydrazone groups is 1. The SMILES string of the molecule is O=C(Cc1ccc(Br)cc1)N/N=C\c1c(O)ccc2ccccc12. The Labute approximate surface area is 148 Å². The van der Waals surface area contributed by atoms with Crippen molar-refractivity contribution in [3.8, 4) is 5.75 Å². The van der Waals surface area contributed by atoms with Gasteiger partial charge < -0.3 is 5.11 Å². The molecule has 0 spiro atoms. The summed E-state index contributed by atoms with van der Waals surface area (Å²) in [7, 11) is 0. The van der Waals surface area contributed by atoms with E-state index in [4.69, 9.17) is 0 Å².